The van der Waals surface area contributed by atoms with Crippen molar-refractivity contribution in [3.63, 3.8) is 0 Å². The lowest BCUT2D eigenvalue weighted by molar-refractivity contribution is 0.0764. The summed E-state index contributed by atoms with van der Waals surface area (Å²) in [5.74, 6) is 1.93. The quantitative estimate of drug-likeness (QED) is 0.621. The highest BCUT2D eigenvalue weighted by Gasteiger charge is 2.10. The minimum absolute atomic E-state index is 0.581. The van der Waals surface area contributed by atoms with Crippen molar-refractivity contribution in [3.8, 4) is 11.5 Å². The Morgan fingerprint density at radius 3 is 1.44 bits per heavy atom. The van der Waals surface area contributed by atoms with E-state index in [1.54, 1.807) is 0 Å². The van der Waals surface area contributed by atoms with E-state index in [1.807, 2.05) is 0 Å². The zero-order chi connectivity index (χ0) is 18.3. The fraction of sp³-hybridized carbons (Fsp3) is 0.500. The van der Waals surface area contributed by atoms with E-state index < -0.39 is 0 Å². The average Bonchev–Trinajstić information content (AvgIpc) is 2.73. The van der Waals surface area contributed by atoms with E-state index in [4.69, 9.17) is 14.2 Å². The second-order valence-corrected chi connectivity index (χ2v) is 7.58. The molecule has 0 radical (unpaired) electrons. The molecule has 0 aliphatic heterocycles. The number of hydrogen-bond acceptors (Lipinski definition) is 3. The number of benzene rings is 2. The number of hydrogen-bond donors (Lipinski definition) is 0. The highest BCUT2D eigenvalue weighted by atomic mass is 16.5. The van der Waals surface area contributed by atoms with Gasteiger partial charge in [0.05, 0.1) is 13.2 Å². The Balaban J connectivity index is 1.12. The molecule has 2 aromatic rings. The van der Waals surface area contributed by atoms with Crippen LogP contribution in [0.15, 0.2) is 36.4 Å². The minimum Gasteiger partial charge on any atom is -0.491 e. The smallest absolute Gasteiger partial charge is 0.119 e. The van der Waals surface area contributed by atoms with Gasteiger partial charge in [-0.15, -0.1) is 0 Å². The minimum atomic E-state index is 0.581. The third-order valence-corrected chi connectivity index (χ3v) is 5.63. The van der Waals surface area contributed by atoms with Gasteiger partial charge in [0, 0.05) is 0 Å². The number of fused-ring (bicyclic) bond motifs is 2. The summed E-state index contributed by atoms with van der Waals surface area (Å²) >= 11 is 0. The van der Waals surface area contributed by atoms with E-state index in [1.165, 1.54) is 73.6 Å². The Hall–Kier alpha value is -2.00. The van der Waals surface area contributed by atoms with Crippen LogP contribution < -0.4 is 9.47 Å². The van der Waals surface area contributed by atoms with Crippen LogP contribution in [0.5, 0.6) is 11.5 Å². The summed E-state index contributed by atoms with van der Waals surface area (Å²) in [6.07, 6.45) is 10.0. The van der Waals surface area contributed by atoms with Crippen LogP contribution in [0.25, 0.3) is 0 Å². The van der Waals surface area contributed by atoms with Gasteiger partial charge in [-0.1, -0.05) is 12.1 Å². The fourth-order valence-corrected chi connectivity index (χ4v) is 4.14. The van der Waals surface area contributed by atoms with E-state index in [0.717, 1.165) is 11.5 Å². The molecule has 3 heteroatoms. The average molecular weight is 367 g/mol. The summed E-state index contributed by atoms with van der Waals surface area (Å²) in [6, 6.07) is 13.0. The van der Waals surface area contributed by atoms with Crippen LogP contribution in [0, 0.1) is 0 Å². The van der Waals surface area contributed by atoms with Gasteiger partial charge in [-0.3, -0.25) is 0 Å². The van der Waals surface area contributed by atoms with Crippen molar-refractivity contribution in [2.24, 2.45) is 0 Å². The number of aryl methyl sites for hydroxylation is 4. The first-order valence-corrected chi connectivity index (χ1v) is 10.5. The Morgan fingerprint density at radius 1 is 0.519 bits per heavy atom. The van der Waals surface area contributed by atoms with Gasteiger partial charge in [0.15, 0.2) is 0 Å². The van der Waals surface area contributed by atoms with Gasteiger partial charge in [-0.25, -0.2) is 0 Å². The molecule has 2 aromatic carbocycles. The van der Waals surface area contributed by atoms with Crippen LogP contribution in [0.4, 0.5) is 0 Å². The second kappa shape index (κ2) is 9.27. The SMILES string of the molecule is c1cc2c(cc1OCCOCCOc1ccc3c(c1)CCCC3)CCCC2. The fourth-order valence-electron chi connectivity index (χ4n) is 4.14. The molecule has 0 bridgehead atoms. The molecular formula is C24H30O3. The first-order valence-electron chi connectivity index (χ1n) is 10.5. The molecule has 0 aromatic heterocycles. The molecule has 144 valence electrons. The maximum atomic E-state index is 5.83. The summed E-state index contributed by atoms with van der Waals surface area (Å²) in [5, 5.41) is 0. The van der Waals surface area contributed by atoms with E-state index in [0.29, 0.717) is 26.4 Å². The van der Waals surface area contributed by atoms with Crippen molar-refractivity contribution in [1.29, 1.82) is 0 Å². The summed E-state index contributed by atoms with van der Waals surface area (Å²) < 4.78 is 17.3. The lowest BCUT2D eigenvalue weighted by Crippen LogP contribution is -2.12. The summed E-state index contributed by atoms with van der Waals surface area (Å²) in [7, 11) is 0. The standard InChI is InChI=1S/C24H30O3/c1-3-7-21-17-23(11-9-19(21)5-1)26-15-13-25-14-16-27-24-12-10-20-6-2-4-8-22(20)18-24/h9-12,17-18H,1-8,13-16H2. The van der Waals surface area contributed by atoms with Gasteiger partial charge in [-0.05, 0) is 97.9 Å². The van der Waals surface area contributed by atoms with Crippen LogP contribution in [0.2, 0.25) is 0 Å². The van der Waals surface area contributed by atoms with E-state index in [-0.39, 0.29) is 0 Å². The van der Waals surface area contributed by atoms with Crippen molar-refractivity contribution in [3.05, 3.63) is 58.7 Å². The summed E-state index contributed by atoms with van der Waals surface area (Å²) in [6.45, 7) is 2.34. The number of ether oxygens (including phenoxy) is 3. The van der Waals surface area contributed by atoms with E-state index in [9.17, 15) is 0 Å². The van der Waals surface area contributed by atoms with Gasteiger partial charge in [0.2, 0.25) is 0 Å². The Kier molecular flexibility index (Phi) is 6.31. The van der Waals surface area contributed by atoms with Crippen molar-refractivity contribution < 1.29 is 14.2 Å². The molecule has 0 atom stereocenters. The Labute approximate surface area is 162 Å². The highest BCUT2D eigenvalue weighted by Crippen LogP contribution is 2.26. The summed E-state index contributed by atoms with van der Waals surface area (Å²) in [5.41, 5.74) is 5.89. The lowest BCUT2D eigenvalue weighted by atomic mass is 9.92. The third-order valence-electron chi connectivity index (χ3n) is 5.63. The van der Waals surface area contributed by atoms with E-state index >= 15 is 0 Å². The van der Waals surface area contributed by atoms with Gasteiger partial charge in [0.1, 0.15) is 24.7 Å². The normalized spacial score (nSPS) is 15.7. The zero-order valence-corrected chi connectivity index (χ0v) is 16.2. The van der Waals surface area contributed by atoms with E-state index in [2.05, 4.69) is 36.4 Å². The molecule has 0 fully saturated rings. The van der Waals surface area contributed by atoms with Crippen molar-refractivity contribution in [2.75, 3.05) is 26.4 Å². The zero-order valence-electron chi connectivity index (χ0n) is 16.2. The highest BCUT2D eigenvalue weighted by molar-refractivity contribution is 5.38. The molecular weight excluding hydrogens is 336 g/mol. The van der Waals surface area contributed by atoms with Crippen LogP contribution in [-0.2, 0) is 30.4 Å². The molecule has 2 aliphatic rings. The van der Waals surface area contributed by atoms with Crippen molar-refractivity contribution in [2.45, 2.75) is 51.4 Å². The molecule has 27 heavy (non-hydrogen) atoms. The second-order valence-electron chi connectivity index (χ2n) is 7.58. The van der Waals surface area contributed by atoms with Crippen LogP contribution in [0.3, 0.4) is 0 Å². The predicted octanol–water partition coefficient (Wildman–Crippen LogP) is 4.92. The molecule has 4 rings (SSSR count). The molecule has 0 saturated carbocycles. The lowest BCUT2D eigenvalue weighted by Gasteiger charge is -2.17. The first-order chi connectivity index (χ1) is 13.4. The molecule has 2 aliphatic carbocycles. The van der Waals surface area contributed by atoms with Gasteiger partial charge in [0.25, 0.3) is 0 Å². The van der Waals surface area contributed by atoms with Gasteiger partial charge < -0.3 is 14.2 Å². The van der Waals surface area contributed by atoms with Crippen LogP contribution in [-0.4, -0.2) is 26.4 Å². The molecule has 0 N–H and O–H groups in total. The first kappa shape index (κ1) is 18.4. The molecule has 0 heterocycles. The molecule has 0 spiro atoms. The maximum absolute atomic E-state index is 5.83. The topological polar surface area (TPSA) is 27.7 Å². The molecule has 3 nitrogen and oxygen atoms in total. The number of rotatable bonds is 8. The van der Waals surface area contributed by atoms with Crippen LogP contribution in [0.1, 0.15) is 47.9 Å². The van der Waals surface area contributed by atoms with Gasteiger partial charge in [-0.2, -0.15) is 0 Å². The Bertz CT molecular complexity index is 690. The summed E-state index contributed by atoms with van der Waals surface area (Å²) in [4.78, 5) is 0. The molecule has 0 saturated heterocycles. The Morgan fingerprint density at radius 2 is 0.963 bits per heavy atom. The van der Waals surface area contributed by atoms with Crippen molar-refractivity contribution >= 4 is 0 Å². The molecule has 0 amide bonds. The third kappa shape index (κ3) is 5.04. The monoisotopic (exact) mass is 366 g/mol. The van der Waals surface area contributed by atoms with Crippen LogP contribution >= 0.6 is 0 Å². The van der Waals surface area contributed by atoms with Gasteiger partial charge >= 0.3 is 0 Å². The maximum Gasteiger partial charge on any atom is 0.119 e. The molecule has 0 unspecified atom stereocenters. The largest absolute Gasteiger partial charge is 0.491 e. The predicted molar refractivity (Wildman–Crippen MR) is 108 cm³/mol. The van der Waals surface area contributed by atoms with Crippen molar-refractivity contribution in [1.82, 2.24) is 0 Å².